The second-order valence-electron chi connectivity index (χ2n) is 5.51. The van der Waals surface area contributed by atoms with Crippen molar-refractivity contribution in [1.29, 1.82) is 0 Å². The number of carbonyl (C=O) groups is 3. The summed E-state index contributed by atoms with van der Waals surface area (Å²) >= 11 is 4.99. The molecule has 1 fully saturated rings. The van der Waals surface area contributed by atoms with Crippen molar-refractivity contribution in [3.05, 3.63) is 42.0 Å². The highest BCUT2D eigenvalue weighted by Gasteiger charge is 2.32. The number of benzene rings is 1. The molecule has 0 spiro atoms. The van der Waals surface area contributed by atoms with Gasteiger partial charge in [-0.15, -0.1) is 6.58 Å². The van der Waals surface area contributed by atoms with E-state index in [1.807, 2.05) is 0 Å². The molecule has 1 aliphatic rings. The summed E-state index contributed by atoms with van der Waals surface area (Å²) < 4.78 is 10.4. The van der Waals surface area contributed by atoms with Crippen molar-refractivity contribution in [3.63, 3.8) is 0 Å². The number of carboxylic acid groups (broad SMARTS) is 1. The van der Waals surface area contributed by atoms with Crippen molar-refractivity contribution < 1.29 is 29.0 Å². The molecule has 2 rings (SSSR count). The van der Waals surface area contributed by atoms with Crippen LogP contribution in [0.4, 0.5) is 0 Å². The van der Waals surface area contributed by atoms with Crippen molar-refractivity contribution in [3.8, 4) is 11.5 Å². The molecule has 0 saturated carbocycles. The van der Waals surface area contributed by atoms with E-state index in [-0.39, 0.29) is 28.7 Å². The molecule has 0 radical (unpaired) electrons. The molecule has 1 heterocycles. The highest BCUT2D eigenvalue weighted by Crippen LogP contribution is 2.30. The van der Waals surface area contributed by atoms with Crippen LogP contribution in [0.15, 0.2) is 36.4 Å². The smallest absolute Gasteiger partial charge is 0.265 e. The van der Waals surface area contributed by atoms with Crippen molar-refractivity contribution in [2.45, 2.75) is 13.0 Å². The van der Waals surface area contributed by atoms with Gasteiger partial charge in [0.25, 0.3) is 11.8 Å². The molecule has 1 aliphatic heterocycles. The van der Waals surface area contributed by atoms with Crippen molar-refractivity contribution in [1.82, 2.24) is 10.2 Å². The highest BCUT2D eigenvalue weighted by molar-refractivity contribution is 7.80. The lowest BCUT2D eigenvalue weighted by molar-refractivity contribution is -0.312. The summed E-state index contributed by atoms with van der Waals surface area (Å²) in [6.07, 6.45) is 1.69. The Morgan fingerprint density at radius 3 is 2.70 bits per heavy atom. The molecule has 2 amide bonds. The minimum absolute atomic E-state index is 0.0136. The molecule has 142 valence electrons. The number of rotatable bonds is 7. The van der Waals surface area contributed by atoms with Gasteiger partial charge in [-0.1, -0.05) is 12.1 Å². The normalized spacial score (nSPS) is 16.7. The van der Waals surface area contributed by atoms with Crippen LogP contribution in [0, 0.1) is 0 Å². The van der Waals surface area contributed by atoms with Crippen LogP contribution in [0.3, 0.4) is 0 Å². The molecule has 0 aliphatic carbocycles. The van der Waals surface area contributed by atoms with Crippen molar-refractivity contribution >= 4 is 41.2 Å². The number of hydrogen-bond donors (Lipinski definition) is 1. The minimum Gasteiger partial charge on any atom is -0.546 e. The summed E-state index contributed by atoms with van der Waals surface area (Å²) in [6.45, 7) is 5.04. The topological polar surface area (TPSA) is 108 Å². The molecule has 1 aromatic carbocycles. The van der Waals surface area contributed by atoms with E-state index in [2.05, 4.69) is 11.9 Å². The minimum atomic E-state index is -1.37. The molecule has 1 saturated heterocycles. The standard InChI is InChI=1S/C18H18N2O6S/c1-4-7-20-16(22)12(15(21)19-18(20)27)8-11-5-6-13(14(9-11)25-3)26-10(2)17(23)24/h4-6,8-10H,1,7H2,2-3H3,(H,23,24)(H,19,21,27)/p-1/b12-8-/t10-/m1/s1. The Morgan fingerprint density at radius 2 is 2.11 bits per heavy atom. The van der Waals surface area contributed by atoms with E-state index in [4.69, 9.17) is 21.7 Å². The summed E-state index contributed by atoms with van der Waals surface area (Å²) in [5, 5.41) is 13.3. The summed E-state index contributed by atoms with van der Waals surface area (Å²) in [7, 11) is 1.38. The quantitative estimate of drug-likeness (QED) is 0.303. The fourth-order valence-corrected chi connectivity index (χ4v) is 2.52. The molecule has 1 atom stereocenters. The zero-order valence-electron chi connectivity index (χ0n) is 14.7. The third-order valence-electron chi connectivity index (χ3n) is 3.63. The van der Waals surface area contributed by atoms with Crippen LogP contribution in [0.1, 0.15) is 12.5 Å². The number of thiocarbonyl (C=S) groups is 1. The van der Waals surface area contributed by atoms with Gasteiger partial charge in [-0.05, 0) is 42.9 Å². The molecule has 1 aromatic rings. The lowest BCUT2D eigenvalue weighted by Crippen LogP contribution is -2.53. The van der Waals surface area contributed by atoms with Crippen LogP contribution in [0.2, 0.25) is 0 Å². The van der Waals surface area contributed by atoms with Gasteiger partial charge in [0.05, 0.1) is 13.1 Å². The number of carbonyl (C=O) groups excluding carboxylic acids is 3. The van der Waals surface area contributed by atoms with E-state index in [1.165, 1.54) is 43.2 Å². The second-order valence-corrected chi connectivity index (χ2v) is 5.90. The lowest BCUT2D eigenvalue weighted by Gasteiger charge is -2.27. The van der Waals surface area contributed by atoms with Gasteiger partial charge in [0.2, 0.25) is 0 Å². The first-order valence-corrected chi connectivity index (χ1v) is 8.24. The third kappa shape index (κ3) is 4.50. The summed E-state index contributed by atoms with van der Waals surface area (Å²) in [6, 6.07) is 4.54. The first-order chi connectivity index (χ1) is 12.8. The predicted molar refractivity (Wildman–Crippen MR) is 98.7 cm³/mol. The zero-order valence-corrected chi connectivity index (χ0v) is 15.5. The van der Waals surface area contributed by atoms with Gasteiger partial charge in [-0.2, -0.15) is 0 Å². The first kappa shape index (κ1) is 20.1. The maximum Gasteiger partial charge on any atom is 0.265 e. The molecule has 27 heavy (non-hydrogen) atoms. The Kier molecular flexibility index (Phi) is 6.30. The van der Waals surface area contributed by atoms with Crippen LogP contribution >= 0.6 is 12.2 Å². The van der Waals surface area contributed by atoms with Gasteiger partial charge in [0.1, 0.15) is 11.7 Å². The van der Waals surface area contributed by atoms with E-state index in [9.17, 15) is 19.5 Å². The molecule has 8 nitrogen and oxygen atoms in total. The van der Waals surface area contributed by atoms with Gasteiger partial charge >= 0.3 is 0 Å². The molecular weight excluding hydrogens is 372 g/mol. The van der Waals surface area contributed by atoms with Crippen molar-refractivity contribution in [2.75, 3.05) is 13.7 Å². The van der Waals surface area contributed by atoms with E-state index in [0.717, 1.165) is 0 Å². The van der Waals surface area contributed by atoms with Gasteiger partial charge < -0.3 is 19.4 Å². The SMILES string of the molecule is C=CCN1C(=O)/C(=C\c2ccc(O[C@H](C)C(=O)[O-])c(OC)c2)C(=O)NC1=S. The fraction of sp³-hybridized carbons (Fsp3) is 0.222. The number of carboxylic acids is 1. The number of nitrogens with one attached hydrogen (secondary N) is 1. The number of ether oxygens (including phenoxy) is 2. The number of aliphatic carboxylic acids is 1. The Bertz CT molecular complexity index is 848. The largest absolute Gasteiger partial charge is 0.546 e. The van der Waals surface area contributed by atoms with Crippen LogP contribution in [0.25, 0.3) is 6.08 Å². The number of amides is 2. The zero-order chi connectivity index (χ0) is 20.1. The highest BCUT2D eigenvalue weighted by atomic mass is 32.1. The second kappa shape index (κ2) is 8.45. The van der Waals surface area contributed by atoms with Gasteiger partial charge in [0.15, 0.2) is 16.6 Å². The summed E-state index contributed by atoms with van der Waals surface area (Å²) in [5.41, 5.74) is 0.370. The Balaban J connectivity index is 2.35. The molecule has 0 bridgehead atoms. The number of nitrogens with zero attached hydrogens (tertiary/aromatic N) is 1. The van der Waals surface area contributed by atoms with E-state index in [1.54, 1.807) is 6.07 Å². The van der Waals surface area contributed by atoms with Crippen LogP contribution < -0.4 is 19.9 Å². The van der Waals surface area contributed by atoms with E-state index < -0.39 is 23.9 Å². The van der Waals surface area contributed by atoms with Crippen molar-refractivity contribution in [2.24, 2.45) is 0 Å². The average molecular weight is 389 g/mol. The predicted octanol–water partition coefficient (Wildman–Crippen LogP) is 0.0251. The molecular formula is C18H17N2O6S-. The molecule has 0 unspecified atom stereocenters. The third-order valence-corrected chi connectivity index (χ3v) is 3.95. The summed E-state index contributed by atoms with van der Waals surface area (Å²) in [4.78, 5) is 36.7. The Morgan fingerprint density at radius 1 is 1.41 bits per heavy atom. The lowest BCUT2D eigenvalue weighted by atomic mass is 10.1. The Labute approximate surface area is 161 Å². The van der Waals surface area contributed by atoms with Gasteiger partial charge in [-0.25, -0.2) is 0 Å². The monoisotopic (exact) mass is 389 g/mol. The first-order valence-electron chi connectivity index (χ1n) is 7.83. The van der Waals surface area contributed by atoms with E-state index in [0.29, 0.717) is 5.56 Å². The van der Waals surface area contributed by atoms with Crippen LogP contribution in [-0.4, -0.2) is 47.6 Å². The fourth-order valence-electron chi connectivity index (χ4n) is 2.27. The number of methoxy groups -OCH3 is 1. The molecule has 0 aromatic heterocycles. The number of hydrogen-bond acceptors (Lipinski definition) is 7. The Hall–Kier alpha value is -3.20. The van der Waals surface area contributed by atoms with Gasteiger partial charge in [-0.3, -0.25) is 19.8 Å². The molecule has 9 heteroatoms. The van der Waals surface area contributed by atoms with E-state index >= 15 is 0 Å². The maximum absolute atomic E-state index is 12.5. The van der Waals surface area contributed by atoms with Gasteiger partial charge in [0, 0.05) is 6.54 Å². The van der Waals surface area contributed by atoms with Crippen LogP contribution in [-0.2, 0) is 14.4 Å². The maximum atomic E-state index is 12.5. The molecule has 1 N–H and O–H groups in total. The average Bonchev–Trinajstić information content (AvgIpc) is 2.63. The van der Waals surface area contributed by atoms with Crippen LogP contribution in [0.5, 0.6) is 11.5 Å². The summed E-state index contributed by atoms with van der Waals surface area (Å²) in [5.74, 6) is -2.11.